The van der Waals surface area contributed by atoms with E-state index in [9.17, 15) is 4.79 Å². The van der Waals surface area contributed by atoms with Crippen LogP contribution in [0.3, 0.4) is 0 Å². The lowest BCUT2D eigenvalue weighted by Gasteiger charge is -2.30. The highest BCUT2D eigenvalue weighted by Gasteiger charge is 2.33. The van der Waals surface area contributed by atoms with Crippen LogP contribution in [0.2, 0.25) is 0 Å². The van der Waals surface area contributed by atoms with Gasteiger partial charge in [-0.15, -0.1) is 0 Å². The molecule has 1 unspecified atom stereocenters. The molecule has 0 bridgehead atoms. The summed E-state index contributed by atoms with van der Waals surface area (Å²) in [7, 11) is 1.46. The summed E-state index contributed by atoms with van der Waals surface area (Å²) in [5.41, 5.74) is -0.560. The van der Waals surface area contributed by atoms with Crippen LogP contribution in [0, 0.1) is 0 Å². The van der Waals surface area contributed by atoms with Crippen LogP contribution >= 0.6 is 11.8 Å². The van der Waals surface area contributed by atoms with Crippen LogP contribution in [0.5, 0.6) is 0 Å². The highest BCUT2D eigenvalue weighted by Crippen LogP contribution is 2.25. The maximum absolute atomic E-state index is 11.9. The van der Waals surface area contributed by atoms with Crippen LogP contribution < -0.4 is 5.32 Å². The van der Waals surface area contributed by atoms with Crippen molar-refractivity contribution in [3.8, 4) is 0 Å². The highest BCUT2D eigenvalue weighted by atomic mass is 32.2. The molecule has 3 nitrogen and oxygen atoms in total. The molecular weight excluding hydrogens is 258 g/mol. The lowest BCUT2D eigenvalue weighted by Crippen LogP contribution is -2.52. The molecule has 1 atom stereocenters. The normalized spacial score (nSPS) is 15.4. The minimum atomic E-state index is -0.560. The van der Waals surface area contributed by atoms with E-state index in [1.54, 1.807) is 0 Å². The Hall–Kier alpha value is -0.220. The Morgan fingerprint density at radius 2 is 1.79 bits per heavy atom. The van der Waals surface area contributed by atoms with Crippen molar-refractivity contribution >= 4 is 17.7 Å². The number of thioether (sulfide) groups is 1. The Kier molecular flexibility index (Phi) is 8.06. The zero-order valence-electron chi connectivity index (χ0n) is 13.6. The molecule has 0 radical (unpaired) electrons. The SMILES string of the molecule is COC(=O)C(C)(CCCCSC(C)(C)C)NC(C)C. The molecule has 1 N–H and O–H groups in total. The fourth-order valence-electron chi connectivity index (χ4n) is 2.05. The van der Waals surface area contributed by atoms with Gasteiger partial charge in [0.2, 0.25) is 0 Å². The van der Waals surface area contributed by atoms with E-state index in [-0.39, 0.29) is 12.0 Å². The van der Waals surface area contributed by atoms with Crippen LogP contribution in [0.25, 0.3) is 0 Å². The van der Waals surface area contributed by atoms with Crippen molar-refractivity contribution in [2.75, 3.05) is 12.9 Å². The number of esters is 1. The predicted octanol–water partition coefficient (Wildman–Crippen LogP) is 3.62. The molecule has 114 valence electrons. The monoisotopic (exact) mass is 289 g/mol. The third-order valence-electron chi connectivity index (χ3n) is 2.85. The van der Waals surface area contributed by atoms with Crippen molar-refractivity contribution in [3.05, 3.63) is 0 Å². The first-order valence-corrected chi connectivity index (χ1v) is 8.09. The fourth-order valence-corrected chi connectivity index (χ4v) is 3.02. The maximum Gasteiger partial charge on any atom is 0.325 e. The first kappa shape index (κ1) is 18.8. The summed E-state index contributed by atoms with van der Waals surface area (Å²) in [6.07, 6.45) is 2.99. The number of ether oxygens (including phenoxy) is 1. The predicted molar refractivity (Wildman–Crippen MR) is 84.8 cm³/mol. The number of carbonyl (C=O) groups is 1. The summed E-state index contributed by atoms with van der Waals surface area (Å²) in [5, 5.41) is 3.33. The average Bonchev–Trinajstić information content (AvgIpc) is 2.24. The van der Waals surface area contributed by atoms with E-state index in [0.717, 1.165) is 25.0 Å². The van der Waals surface area contributed by atoms with Crippen LogP contribution in [-0.4, -0.2) is 35.2 Å². The summed E-state index contributed by atoms with van der Waals surface area (Å²) in [5.74, 6) is 0.979. The number of unbranched alkanes of at least 4 members (excludes halogenated alkanes) is 1. The molecule has 0 aliphatic carbocycles. The van der Waals surface area contributed by atoms with E-state index < -0.39 is 5.54 Å². The van der Waals surface area contributed by atoms with Gasteiger partial charge in [-0.05, 0) is 39.4 Å². The Balaban J connectivity index is 4.18. The molecule has 0 aromatic rings. The van der Waals surface area contributed by atoms with E-state index in [4.69, 9.17) is 4.74 Å². The quantitative estimate of drug-likeness (QED) is 0.547. The van der Waals surface area contributed by atoms with Gasteiger partial charge >= 0.3 is 5.97 Å². The van der Waals surface area contributed by atoms with Gasteiger partial charge in [0.25, 0.3) is 0 Å². The van der Waals surface area contributed by atoms with Crippen LogP contribution in [0.15, 0.2) is 0 Å². The van der Waals surface area contributed by atoms with E-state index in [1.807, 2.05) is 18.7 Å². The van der Waals surface area contributed by atoms with Crippen LogP contribution in [-0.2, 0) is 9.53 Å². The largest absolute Gasteiger partial charge is 0.468 e. The molecule has 0 aliphatic rings. The Labute approximate surface area is 123 Å². The number of nitrogens with one attached hydrogen (secondary N) is 1. The van der Waals surface area contributed by atoms with Gasteiger partial charge in [-0.3, -0.25) is 10.1 Å². The zero-order valence-corrected chi connectivity index (χ0v) is 14.4. The number of methoxy groups -OCH3 is 1. The van der Waals surface area contributed by atoms with Crippen molar-refractivity contribution < 1.29 is 9.53 Å². The van der Waals surface area contributed by atoms with E-state index in [0.29, 0.717) is 4.75 Å². The fraction of sp³-hybridized carbons (Fsp3) is 0.933. The van der Waals surface area contributed by atoms with Gasteiger partial charge in [-0.1, -0.05) is 27.2 Å². The Morgan fingerprint density at radius 1 is 1.21 bits per heavy atom. The minimum absolute atomic E-state index is 0.162. The molecule has 0 amide bonds. The second kappa shape index (κ2) is 8.15. The van der Waals surface area contributed by atoms with Gasteiger partial charge < -0.3 is 4.74 Å². The van der Waals surface area contributed by atoms with Gasteiger partial charge in [0, 0.05) is 10.8 Å². The van der Waals surface area contributed by atoms with Gasteiger partial charge in [-0.2, -0.15) is 11.8 Å². The van der Waals surface area contributed by atoms with Crippen molar-refractivity contribution in [2.24, 2.45) is 0 Å². The molecule has 0 aromatic heterocycles. The highest BCUT2D eigenvalue weighted by molar-refractivity contribution is 8.00. The lowest BCUT2D eigenvalue weighted by atomic mass is 9.94. The van der Waals surface area contributed by atoms with Gasteiger partial charge in [0.05, 0.1) is 7.11 Å². The number of rotatable bonds is 8. The molecular formula is C15H31NO2S. The first-order valence-electron chi connectivity index (χ1n) is 7.11. The lowest BCUT2D eigenvalue weighted by molar-refractivity contribution is -0.148. The van der Waals surface area contributed by atoms with Crippen molar-refractivity contribution in [2.45, 2.75) is 77.1 Å². The maximum atomic E-state index is 11.9. The summed E-state index contributed by atoms with van der Waals surface area (Å²) in [4.78, 5) is 11.9. The smallest absolute Gasteiger partial charge is 0.325 e. The van der Waals surface area contributed by atoms with Crippen molar-refractivity contribution in [1.82, 2.24) is 5.32 Å². The van der Waals surface area contributed by atoms with Gasteiger partial charge in [-0.25, -0.2) is 0 Å². The summed E-state index contributed by atoms with van der Waals surface area (Å²) < 4.78 is 5.24. The standard InChI is InChI=1S/C15H31NO2S/c1-12(2)16-15(6,13(17)18-7)10-8-9-11-19-14(3,4)5/h12,16H,8-11H2,1-7H3. The molecule has 0 rings (SSSR count). The molecule has 0 heterocycles. The molecule has 0 aliphatic heterocycles. The van der Waals surface area contributed by atoms with Crippen LogP contribution in [0.1, 0.15) is 60.8 Å². The van der Waals surface area contributed by atoms with E-state index in [1.165, 1.54) is 7.11 Å². The zero-order chi connectivity index (χ0) is 15.1. The van der Waals surface area contributed by atoms with E-state index in [2.05, 4.69) is 39.9 Å². The molecule has 0 spiro atoms. The summed E-state index contributed by atoms with van der Waals surface area (Å²) in [6, 6.07) is 0.271. The molecule has 0 fully saturated rings. The first-order chi connectivity index (χ1) is 8.60. The average molecular weight is 289 g/mol. The third-order valence-corrected chi connectivity index (χ3v) is 4.21. The summed E-state index contributed by atoms with van der Waals surface area (Å²) >= 11 is 1.98. The number of hydrogen-bond donors (Lipinski definition) is 1. The topological polar surface area (TPSA) is 38.3 Å². The Bertz CT molecular complexity index is 274. The second-order valence-corrected chi connectivity index (χ2v) is 8.46. The Morgan fingerprint density at radius 3 is 2.21 bits per heavy atom. The molecule has 19 heavy (non-hydrogen) atoms. The van der Waals surface area contributed by atoms with Gasteiger partial charge in [0.1, 0.15) is 5.54 Å². The third kappa shape index (κ3) is 8.53. The second-order valence-electron chi connectivity index (χ2n) is 6.54. The van der Waals surface area contributed by atoms with Crippen LogP contribution in [0.4, 0.5) is 0 Å². The molecule has 0 saturated heterocycles. The van der Waals surface area contributed by atoms with Crippen molar-refractivity contribution in [3.63, 3.8) is 0 Å². The van der Waals surface area contributed by atoms with Gasteiger partial charge in [0.15, 0.2) is 0 Å². The molecule has 0 aromatic carbocycles. The number of hydrogen-bond acceptors (Lipinski definition) is 4. The molecule has 4 heteroatoms. The van der Waals surface area contributed by atoms with Crippen molar-refractivity contribution in [1.29, 1.82) is 0 Å². The van der Waals surface area contributed by atoms with E-state index >= 15 is 0 Å². The summed E-state index contributed by atoms with van der Waals surface area (Å²) in [6.45, 7) is 12.7. The number of carbonyl (C=O) groups excluding carboxylic acids is 1. The molecule has 0 saturated carbocycles. The minimum Gasteiger partial charge on any atom is -0.468 e.